The fourth-order valence-electron chi connectivity index (χ4n) is 2.34. The molecule has 2 N–H and O–H groups in total. The summed E-state index contributed by atoms with van der Waals surface area (Å²) in [5.74, 6) is -1.06. The summed E-state index contributed by atoms with van der Waals surface area (Å²) in [5, 5.41) is 5.22. The highest BCUT2D eigenvalue weighted by Crippen LogP contribution is 2.11. The second-order valence-corrected chi connectivity index (χ2v) is 6.40. The highest BCUT2D eigenvalue weighted by molar-refractivity contribution is 5.94. The number of amides is 2. The summed E-state index contributed by atoms with van der Waals surface area (Å²) in [6.07, 6.45) is 1.37. The van der Waals surface area contributed by atoms with Crippen LogP contribution < -0.4 is 15.4 Å². The van der Waals surface area contributed by atoms with Gasteiger partial charge in [0.2, 0.25) is 0 Å². The second kappa shape index (κ2) is 10.1. The van der Waals surface area contributed by atoms with Crippen molar-refractivity contribution in [2.24, 2.45) is 5.92 Å². The highest BCUT2D eigenvalue weighted by Gasteiger charge is 2.27. The Labute approximate surface area is 163 Å². The Hall–Kier alpha value is -3.29. The molecule has 1 atom stereocenters. The molecule has 0 aliphatic rings. The predicted molar refractivity (Wildman–Crippen MR) is 101 cm³/mol. The summed E-state index contributed by atoms with van der Waals surface area (Å²) in [5.41, 5.74) is 0.881. The Kier molecular flexibility index (Phi) is 7.62. The molecule has 2 rings (SSSR count). The molecule has 0 saturated heterocycles. The molecule has 8 heteroatoms. The van der Waals surface area contributed by atoms with Crippen LogP contribution in [0, 0.1) is 5.92 Å². The number of hydrogen-bond acceptors (Lipinski definition) is 6. The van der Waals surface area contributed by atoms with E-state index in [4.69, 9.17) is 13.9 Å². The molecular formula is C20H24N2O6. The van der Waals surface area contributed by atoms with Crippen LogP contribution in [0.1, 0.15) is 30.0 Å². The number of benzene rings is 1. The van der Waals surface area contributed by atoms with Crippen molar-refractivity contribution in [1.29, 1.82) is 0 Å². The van der Waals surface area contributed by atoms with Crippen molar-refractivity contribution in [1.82, 2.24) is 10.6 Å². The van der Waals surface area contributed by atoms with Crippen molar-refractivity contribution in [3.8, 4) is 5.75 Å². The number of carbonyl (C=O) groups is 3. The van der Waals surface area contributed by atoms with E-state index in [0.29, 0.717) is 6.54 Å². The van der Waals surface area contributed by atoms with Crippen LogP contribution in [0.5, 0.6) is 5.75 Å². The Morgan fingerprint density at radius 1 is 1.11 bits per heavy atom. The number of rotatable bonds is 9. The minimum Gasteiger partial charge on any atom is -0.497 e. The molecule has 0 unspecified atom stereocenters. The van der Waals surface area contributed by atoms with E-state index < -0.39 is 30.4 Å². The molecular weight excluding hydrogens is 364 g/mol. The third kappa shape index (κ3) is 6.15. The summed E-state index contributed by atoms with van der Waals surface area (Å²) in [6.45, 7) is 3.38. The predicted octanol–water partition coefficient (Wildman–Crippen LogP) is 1.90. The Balaban J connectivity index is 1.80. The monoisotopic (exact) mass is 388 g/mol. The molecule has 28 heavy (non-hydrogen) atoms. The molecule has 1 aromatic carbocycles. The summed E-state index contributed by atoms with van der Waals surface area (Å²) in [7, 11) is 1.58. The van der Waals surface area contributed by atoms with Crippen molar-refractivity contribution in [3.63, 3.8) is 0 Å². The van der Waals surface area contributed by atoms with E-state index in [1.165, 1.54) is 12.3 Å². The van der Waals surface area contributed by atoms with Crippen LogP contribution in [0.25, 0.3) is 0 Å². The molecule has 1 heterocycles. The Morgan fingerprint density at radius 2 is 1.82 bits per heavy atom. The van der Waals surface area contributed by atoms with Crippen LogP contribution in [0.4, 0.5) is 0 Å². The van der Waals surface area contributed by atoms with Crippen molar-refractivity contribution in [2.75, 3.05) is 13.7 Å². The van der Waals surface area contributed by atoms with Gasteiger partial charge in [0.15, 0.2) is 12.4 Å². The number of ether oxygens (including phenoxy) is 2. The van der Waals surface area contributed by atoms with Gasteiger partial charge in [0.05, 0.1) is 13.4 Å². The van der Waals surface area contributed by atoms with Crippen LogP contribution in [0.3, 0.4) is 0 Å². The van der Waals surface area contributed by atoms with Gasteiger partial charge in [-0.1, -0.05) is 26.0 Å². The molecule has 2 amide bonds. The lowest BCUT2D eigenvalue weighted by molar-refractivity contribution is -0.151. The zero-order chi connectivity index (χ0) is 20.5. The number of carbonyl (C=O) groups excluding carboxylic acids is 3. The van der Waals surface area contributed by atoms with Crippen molar-refractivity contribution < 1.29 is 28.3 Å². The summed E-state index contributed by atoms with van der Waals surface area (Å²) >= 11 is 0. The lowest BCUT2D eigenvalue weighted by atomic mass is 10.0. The van der Waals surface area contributed by atoms with Gasteiger partial charge in [-0.2, -0.15) is 0 Å². The first kappa shape index (κ1) is 21.0. The molecule has 8 nitrogen and oxygen atoms in total. The zero-order valence-corrected chi connectivity index (χ0v) is 16.1. The molecule has 0 bridgehead atoms. The van der Waals surface area contributed by atoms with Gasteiger partial charge in [0, 0.05) is 6.54 Å². The number of methoxy groups -OCH3 is 1. The third-order valence-corrected chi connectivity index (χ3v) is 3.95. The zero-order valence-electron chi connectivity index (χ0n) is 16.1. The van der Waals surface area contributed by atoms with Crippen LogP contribution in [-0.2, 0) is 20.9 Å². The first-order valence-corrected chi connectivity index (χ1v) is 8.81. The fourth-order valence-corrected chi connectivity index (χ4v) is 2.34. The normalized spacial score (nSPS) is 11.6. The SMILES string of the molecule is COc1ccc(CNC(=O)COC(=O)[C@@H](NC(=O)c2ccco2)C(C)C)cc1. The van der Waals surface area contributed by atoms with Gasteiger partial charge in [-0.25, -0.2) is 4.79 Å². The lowest BCUT2D eigenvalue weighted by Crippen LogP contribution is -2.46. The van der Waals surface area contributed by atoms with E-state index in [0.717, 1.165) is 11.3 Å². The highest BCUT2D eigenvalue weighted by atomic mass is 16.5. The Morgan fingerprint density at radius 3 is 2.39 bits per heavy atom. The molecule has 0 aliphatic heterocycles. The molecule has 1 aromatic heterocycles. The van der Waals surface area contributed by atoms with Gasteiger partial charge in [-0.15, -0.1) is 0 Å². The van der Waals surface area contributed by atoms with Gasteiger partial charge < -0.3 is 24.5 Å². The maximum Gasteiger partial charge on any atom is 0.329 e. The van der Waals surface area contributed by atoms with E-state index in [2.05, 4.69) is 10.6 Å². The molecule has 0 fully saturated rings. The smallest absolute Gasteiger partial charge is 0.329 e. The average molecular weight is 388 g/mol. The maximum atomic E-state index is 12.3. The lowest BCUT2D eigenvalue weighted by Gasteiger charge is -2.20. The molecule has 0 spiro atoms. The molecule has 150 valence electrons. The van der Waals surface area contributed by atoms with Crippen LogP contribution in [0.2, 0.25) is 0 Å². The standard InChI is InChI=1S/C20H24N2O6/c1-13(2)18(22-19(24)16-5-4-10-27-16)20(25)28-12-17(23)21-11-14-6-8-15(26-3)9-7-14/h4-10,13,18H,11-12H2,1-3H3,(H,21,23)(H,22,24)/t18-/m0/s1. The summed E-state index contributed by atoms with van der Waals surface area (Å²) in [4.78, 5) is 36.3. The first-order chi connectivity index (χ1) is 13.4. The molecule has 0 aliphatic carbocycles. The van der Waals surface area contributed by atoms with E-state index in [9.17, 15) is 14.4 Å². The van der Waals surface area contributed by atoms with Gasteiger partial charge in [-0.05, 0) is 35.7 Å². The van der Waals surface area contributed by atoms with Gasteiger partial charge in [0.25, 0.3) is 11.8 Å². The summed E-state index contributed by atoms with van der Waals surface area (Å²) in [6, 6.07) is 9.39. The van der Waals surface area contributed by atoms with E-state index in [-0.39, 0.29) is 11.7 Å². The van der Waals surface area contributed by atoms with E-state index >= 15 is 0 Å². The number of hydrogen-bond donors (Lipinski definition) is 2. The second-order valence-electron chi connectivity index (χ2n) is 6.40. The molecule has 0 radical (unpaired) electrons. The quantitative estimate of drug-likeness (QED) is 0.636. The fraction of sp³-hybridized carbons (Fsp3) is 0.350. The van der Waals surface area contributed by atoms with Gasteiger partial charge in [0.1, 0.15) is 11.8 Å². The maximum absolute atomic E-state index is 12.3. The Bertz CT molecular complexity index is 784. The van der Waals surface area contributed by atoms with E-state index in [1.807, 2.05) is 12.1 Å². The average Bonchev–Trinajstić information content (AvgIpc) is 3.23. The topological polar surface area (TPSA) is 107 Å². The number of nitrogens with one attached hydrogen (secondary N) is 2. The van der Waals surface area contributed by atoms with Crippen LogP contribution in [-0.4, -0.2) is 37.5 Å². The van der Waals surface area contributed by atoms with Gasteiger partial charge in [-0.3, -0.25) is 9.59 Å². The van der Waals surface area contributed by atoms with Crippen molar-refractivity contribution in [2.45, 2.75) is 26.4 Å². The first-order valence-electron chi connectivity index (χ1n) is 8.81. The summed E-state index contributed by atoms with van der Waals surface area (Å²) < 4.78 is 15.1. The largest absolute Gasteiger partial charge is 0.497 e. The molecule has 0 saturated carbocycles. The number of esters is 1. The van der Waals surface area contributed by atoms with Crippen molar-refractivity contribution >= 4 is 17.8 Å². The van der Waals surface area contributed by atoms with Gasteiger partial charge >= 0.3 is 5.97 Å². The van der Waals surface area contributed by atoms with Crippen LogP contribution >= 0.6 is 0 Å². The van der Waals surface area contributed by atoms with Crippen LogP contribution in [0.15, 0.2) is 47.1 Å². The van der Waals surface area contributed by atoms with E-state index in [1.54, 1.807) is 39.2 Å². The van der Waals surface area contributed by atoms with Crippen molar-refractivity contribution in [3.05, 3.63) is 54.0 Å². The molecule has 2 aromatic rings. The minimum atomic E-state index is -0.896. The third-order valence-electron chi connectivity index (χ3n) is 3.95. The minimum absolute atomic E-state index is 0.0932. The number of furan rings is 1.